The van der Waals surface area contributed by atoms with Crippen LogP contribution in [-0.2, 0) is 10.0 Å². The number of oxazole rings is 1. The minimum Gasteiger partial charge on any atom is -0.432 e. The van der Waals surface area contributed by atoms with Crippen molar-refractivity contribution in [3.05, 3.63) is 52.8 Å². The molecule has 0 atom stereocenters. The van der Waals surface area contributed by atoms with Crippen LogP contribution in [0.1, 0.15) is 24.2 Å². The topological polar surface area (TPSA) is 80.7 Å². The normalized spacial score (nSPS) is 16.3. The molecule has 3 aromatic heterocycles. The van der Waals surface area contributed by atoms with Crippen LogP contribution in [0.15, 0.2) is 45.7 Å². The van der Waals surface area contributed by atoms with E-state index in [0.717, 1.165) is 11.4 Å². The summed E-state index contributed by atoms with van der Waals surface area (Å²) >= 11 is 6.05. The van der Waals surface area contributed by atoms with Crippen molar-refractivity contribution < 1.29 is 12.8 Å². The van der Waals surface area contributed by atoms with Gasteiger partial charge in [0.1, 0.15) is 6.26 Å². The molecule has 1 fully saturated rings. The molecule has 3 aromatic rings. The van der Waals surface area contributed by atoms with E-state index in [4.69, 9.17) is 16.0 Å². The molecule has 0 aliphatic carbocycles. The first-order chi connectivity index (χ1) is 12.4. The van der Waals surface area contributed by atoms with Gasteiger partial charge < -0.3 is 4.42 Å². The standard InChI is InChI=1S/C17H17ClN4O3S/c1-12-3-2-4-14(19-12)11-13-5-7-21(8-6-13)26(23,24)16-15(18)20-17-22(16)9-10-25-17/h2-4,9-11H,5-8H2,1H3. The van der Waals surface area contributed by atoms with E-state index >= 15 is 0 Å². The number of imidazole rings is 1. The largest absolute Gasteiger partial charge is 0.432 e. The van der Waals surface area contributed by atoms with E-state index in [1.807, 2.05) is 31.2 Å². The number of hydrogen-bond donors (Lipinski definition) is 0. The second-order valence-corrected chi connectivity index (χ2v) is 8.39. The van der Waals surface area contributed by atoms with E-state index in [9.17, 15) is 8.42 Å². The van der Waals surface area contributed by atoms with Crippen LogP contribution in [-0.4, -0.2) is 40.2 Å². The number of hydrogen-bond acceptors (Lipinski definition) is 5. The lowest BCUT2D eigenvalue weighted by atomic mass is 10.0. The molecular weight excluding hydrogens is 376 g/mol. The molecule has 0 aromatic carbocycles. The van der Waals surface area contributed by atoms with Crippen LogP contribution in [0.4, 0.5) is 0 Å². The third-order valence-electron chi connectivity index (χ3n) is 4.39. The van der Waals surface area contributed by atoms with Crippen molar-refractivity contribution in [3.63, 3.8) is 0 Å². The zero-order valence-electron chi connectivity index (χ0n) is 14.1. The molecule has 0 N–H and O–H groups in total. The van der Waals surface area contributed by atoms with Gasteiger partial charge in [0, 0.05) is 18.8 Å². The lowest BCUT2D eigenvalue weighted by Gasteiger charge is -2.27. The van der Waals surface area contributed by atoms with Crippen LogP contribution < -0.4 is 0 Å². The summed E-state index contributed by atoms with van der Waals surface area (Å²) in [5.74, 6) is 0.164. The monoisotopic (exact) mass is 392 g/mol. The Morgan fingerprint density at radius 1 is 1.23 bits per heavy atom. The third-order valence-corrected chi connectivity index (χ3v) is 6.69. The number of sulfonamides is 1. The number of aryl methyl sites for hydroxylation is 1. The highest BCUT2D eigenvalue weighted by atomic mass is 35.5. The molecule has 4 heterocycles. The summed E-state index contributed by atoms with van der Waals surface area (Å²) < 4.78 is 33.9. The number of piperidine rings is 1. The Morgan fingerprint density at radius 2 is 2.00 bits per heavy atom. The number of pyridine rings is 1. The molecule has 0 saturated carbocycles. The molecular formula is C17H17ClN4O3S. The van der Waals surface area contributed by atoms with E-state index in [1.54, 1.807) is 0 Å². The average Bonchev–Trinajstić information content (AvgIpc) is 3.15. The van der Waals surface area contributed by atoms with E-state index < -0.39 is 10.0 Å². The van der Waals surface area contributed by atoms with Crippen LogP contribution in [0, 0.1) is 6.92 Å². The van der Waals surface area contributed by atoms with Gasteiger partial charge in [-0.3, -0.25) is 9.38 Å². The predicted molar refractivity (Wildman–Crippen MR) is 97.4 cm³/mol. The molecule has 0 radical (unpaired) electrons. The predicted octanol–water partition coefficient (Wildman–Crippen LogP) is 3.15. The molecule has 7 nitrogen and oxygen atoms in total. The van der Waals surface area contributed by atoms with E-state index in [-0.39, 0.29) is 16.0 Å². The number of halogens is 1. The Labute approximate surface area is 156 Å². The molecule has 0 amide bonds. The van der Waals surface area contributed by atoms with E-state index in [2.05, 4.69) is 9.97 Å². The summed E-state index contributed by atoms with van der Waals surface area (Å²) in [6.07, 6.45) is 6.22. The Morgan fingerprint density at radius 3 is 2.73 bits per heavy atom. The molecule has 0 unspecified atom stereocenters. The van der Waals surface area contributed by atoms with Crippen LogP contribution >= 0.6 is 11.6 Å². The fourth-order valence-corrected chi connectivity index (χ4v) is 5.11. The maximum atomic E-state index is 13.0. The molecule has 0 bridgehead atoms. The lowest BCUT2D eigenvalue weighted by molar-refractivity contribution is 0.386. The summed E-state index contributed by atoms with van der Waals surface area (Å²) in [5.41, 5.74) is 3.04. The number of nitrogens with zero attached hydrogens (tertiary/aromatic N) is 4. The minimum atomic E-state index is -3.75. The summed E-state index contributed by atoms with van der Waals surface area (Å²) in [4.78, 5) is 8.42. The second kappa shape index (κ2) is 6.53. The first kappa shape index (κ1) is 17.3. The van der Waals surface area contributed by atoms with Crippen LogP contribution in [0.5, 0.6) is 0 Å². The highest BCUT2D eigenvalue weighted by Gasteiger charge is 2.33. The minimum absolute atomic E-state index is 0.0457. The van der Waals surface area contributed by atoms with E-state index in [1.165, 1.54) is 26.7 Å². The summed E-state index contributed by atoms with van der Waals surface area (Å²) in [5, 5.41) is -0.120. The number of rotatable bonds is 3. The van der Waals surface area contributed by atoms with Crippen molar-refractivity contribution in [2.45, 2.75) is 24.8 Å². The molecule has 136 valence electrons. The molecule has 26 heavy (non-hydrogen) atoms. The summed E-state index contributed by atoms with van der Waals surface area (Å²) in [7, 11) is -3.75. The Bertz CT molecular complexity index is 1090. The van der Waals surface area contributed by atoms with Crippen molar-refractivity contribution in [2.75, 3.05) is 13.1 Å². The van der Waals surface area contributed by atoms with Gasteiger partial charge in [-0.1, -0.05) is 23.2 Å². The highest BCUT2D eigenvalue weighted by molar-refractivity contribution is 7.89. The van der Waals surface area contributed by atoms with Crippen LogP contribution in [0.25, 0.3) is 11.9 Å². The molecule has 0 spiro atoms. The smallest absolute Gasteiger partial charge is 0.308 e. The van der Waals surface area contributed by atoms with Crippen molar-refractivity contribution >= 4 is 33.5 Å². The van der Waals surface area contributed by atoms with Gasteiger partial charge in [0.25, 0.3) is 10.0 Å². The quantitative estimate of drug-likeness (QED) is 0.683. The fraction of sp³-hybridized carbons (Fsp3) is 0.294. The maximum absolute atomic E-state index is 13.0. The van der Waals surface area contributed by atoms with Crippen LogP contribution in [0.2, 0.25) is 5.15 Å². The summed E-state index contributed by atoms with van der Waals surface area (Å²) in [6.45, 7) is 2.73. The first-order valence-corrected chi connectivity index (χ1v) is 10.0. The van der Waals surface area contributed by atoms with Gasteiger partial charge in [0.2, 0.25) is 0 Å². The molecule has 9 heteroatoms. The van der Waals surface area contributed by atoms with Gasteiger partial charge in [-0.2, -0.15) is 9.29 Å². The van der Waals surface area contributed by atoms with Crippen molar-refractivity contribution in [2.24, 2.45) is 0 Å². The number of fused-ring (bicyclic) bond motifs is 1. The fourth-order valence-electron chi connectivity index (χ4n) is 3.10. The van der Waals surface area contributed by atoms with Gasteiger partial charge >= 0.3 is 5.84 Å². The second-order valence-electron chi connectivity index (χ2n) is 6.17. The zero-order valence-corrected chi connectivity index (χ0v) is 15.7. The first-order valence-electron chi connectivity index (χ1n) is 8.19. The molecule has 1 aliphatic heterocycles. The lowest BCUT2D eigenvalue weighted by Crippen LogP contribution is -2.37. The summed E-state index contributed by atoms with van der Waals surface area (Å²) in [6, 6.07) is 5.86. The zero-order chi connectivity index (χ0) is 18.3. The maximum Gasteiger partial charge on any atom is 0.308 e. The molecule has 1 aliphatic rings. The molecule has 4 rings (SSSR count). The van der Waals surface area contributed by atoms with Gasteiger partial charge in [-0.25, -0.2) is 8.42 Å². The van der Waals surface area contributed by atoms with Gasteiger partial charge in [-0.05, 0) is 38.0 Å². The highest BCUT2D eigenvalue weighted by Crippen LogP contribution is 2.29. The van der Waals surface area contributed by atoms with Gasteiger partial charge in [-0.15, -0.1) is 0 Å². The van der Waals surface area contributed by atoms with Crippen LogP contribution in [0.3, 0.4) is 0 Å². The Kier molecular flexibility index (Phi) is 4.34. The Balaban J connectivity index is 1.56. The van der Waals surface area contributed by atoms with Gasteiger partial charge in [0.05, 0.1) is 11.9 Å². The van der Waals surface area contributed by atoms with E-state index in [0.29, 0.717) is 25.9 Å². The Hall–Kier alpha value is -2.16. The van der Waals surface area contributed by atoms with Gasteiger partial charge in [0.15, 0.2) is 10.2 Å². The SMILES string of the molecule is Cc1cccc(C=C2CCN(S(=O)(=O)c3c(Cl)nc4occn34)CC2)n1. The van der Waals surface area contributed by atoms with Crippen molar-refractivity contribution in [3.8, 4) is 0 Å². The molecule has 1 saturated heterocycles. The van der Waals surface area contributed by atoms with Crippen molar-refractivity contribution in [1.82, 2.24) is 18.7 Å². The van der Waals surface area contributed by atoms with Crippen molar-refractivity contribution in [1.29, 1.82) is 0 Å². The average molecular weight is 393 g/mol. The number of aromatic nitrogens is 3. The third kappa shape index (κ3) is 3.04.